The minimum atomic E-state index is -0.399. The third-order valence-corrected chi connectivity index (χ3v) is 3.46. The van der Waals surface area contributed by atoms with Crippen LogP contribution < -0.4 is 5.32 Å². The third kappa shape index (κ3) is 2.19. The molecule has 2 N–H and O–H groups in total. The number of fused-ring (bicyclic) bond motifs is 1. The predicted octanol–water partition coefficient (Wildman–Crippen LogP) is 2.91. The van der Waals surface area contributed by atoms with Crippen molar-refractivity contribution in [3.63, 3.8) is 0 Å². The molecule has 1 aliphatic heterocycles. The van der Waals surface area contributed by atoms with E-state index in [1.807, 2.05) is 0 Å². The van der Waals surface area contributed by atoms with E-state index in [0.717, 1.165) is 17.5 Å². The molecule has 1 unspecified atom stereocenters. The predicted molar refractivity (Wildman–Crippen MR) is 68.0 cm³/mol. The summed E-state index contributed by atoms with van der Waals surface area (Å²) in [5.74, 6) is -0.636. The first-order valence-corrected chi connectivity index (χ1v) is 6.15. The summed E-state index contributed by atoms with van der Waals surface area (Å²) in [6, 6.07) is 8.13. The summed E-state index contributed by atoms with van der Waals surface area (Å²) in [6.45, 7) is 0.664. The lowest BCUT2D eigenvalue weighted by Crippen LogP contribution is -2.30. The Labute approximate surface area is 109 Å². The fraction of sp³-hybridized carbons (Fsp3) is 0.200. The van der Waals surface area contributed by atoms with Crippen LogP contribution in [0.15, 0.2) is 36.4 Å². The first-order chi connectivity index (χ1) is 9.15. The Hall–Kier alpha value is -1.94. The normalized spacial score (nSPS) is 18.1. The fourth-order valence-electron chi connectivity index (χ4n) is 2.57. The van der Waals surface area contributed by atoms with Gasteiger partial charge in [-0.3, -0.25) is 0 Å². The standard InChI is InChI=1S/C15H13F2NO/c16-10-1-3-12-9(7-10)5-6-18-15(12)13-8-11(17)2-4-14(13)19/h1-4,7-8,15,18-19H,5-6H2. The maximum absolute atomic E-state index is 13.3. The Kier molecular flexibility index (Phi) is 2.95. The SMILES string of the molecule is Oc1ccc(F)cc1C1NCCc2cc(F)ccc21. The Morgan fingerprint density at radius 3 is 2.58 bits per heavy atom. The lowest BCUT2D eigenvalue weighted by Gasteiger charge is -2.27. The van der Waals surface area contributed by atoms with Gasteiger partial charge in [0.2, 0.25) is 0 Å². The van der Waals surface area contributed by atoms with Gasteiger partial charge in [0.15, 0.2) is 0 Å². The summed E-state index contributed by atoms with van der Waals surface area (Å²) in [5.41, 5.74) is 2.26. The maximum Gasteiger partial charge on any atom is 0.123 e. The highest BCUT2D eigenvalue weighted by Crippen LogP contribution is 2.34. The van der Waals surface area contributed by atoms with Crippen LogP contribution in [0.1, 0.15) is 22.7 Å². The first kappa shape index (κ1) is 12.1. The lowest BCUT2D eigenvalue weighted by molar-refractivity contribution is 0.450. The van der Waals surface area contributed by atoms with Crippen molar-refractivity contribution in [1.82, 2.24) is 5.32 Å². The summed E-state index contributed by atoms with van der Waals surface area (Å²) < 4.78 is 26.6. The Morgan fingerprint density at radius 2 is 1.74 bits per heavy atom. The average molecular weight is 261 g/mol. The van der Waals surface area contributed by atoms with E-state index in [2.05, 4.69) is 5.32 Å². The molecule has 0 radical (unpaired) electrons. The molecule has 2 aromatic rings. The van der Waals surface area contributed by atoms with E-state index in [-0.39, 0.29) is 17.6 Å². The van der Waals surface area contributed by atoms with E-state index in [1.165, 1.54) is 30.3 Å². The molecule has 98 valence electrons. The minimum absolute atomic E-state index is 0.0380. The Bertz CT molecular complexity index is 628. The van der Waals surface area contributed by atoms with Gasteiger partial charge >= 0.3 is 0 Å². The van der Waals surface area contributed by atoms with Gasteiger partial charge in [-0.15, -0.1) is 0 Å². The van der Waals surface area contributed by atoms with Gasteiger partial charge in [-0.05, 0) is 47.9 Å². The highest BCUT2D eigenvalue weighted by molar-refractivity contribution is 5.45. The van der Waals surface area contributed by atoms with E-state index in [4.69, 9.17) is 0 Å². The van der Waals surface area contributed by atoms with Crippen molar-refractivity contribution in [1.29, 1.82) is 0 Å². The molecule has 2 aromatic carbocycles. The topological polar surface area (TPSA) is 32.3 Å². The molecule has 0 spiro atoms. The molecule has 0 amide bonds. The quantitative estimate of drug-likeness (QED) is 0.827. The van der Waals surface area contributed by atoms with Crippen LogP contribution in [-0.4, -0.2) is 11.7 Å². The molecule has 1 aliphatic rings. The molecule has 3 rings (SSSR count). The van der Waals surface area contributed by atoms with Crippen LogP contribution in [0.2, 0.25) is 0 Å². The molecule has 19 heavy (non-hydrogen) atoms. The lowest BCUT2D eigenvalue weighted by atomic mass is 9.89. The van der Waals surface area contributed by atoms with Crippen LogP contribution in [0.25, 0.3) is 0 Å². The van der Waals surface area contributed by atoms with Crippen molar-refractivity contribution in [3.8, 4) is 5.75 Å². The van der Waals surface area contributed by atoms with Crippen molar-refractivity contribution in [3.05, 3.63) is 64.7 Å². The van der Waals surface area contributed by atoms with Crippen LogP contribution >= 0.6 is 0 Å². The molecule has 2 nitrogen and oxygen atoms in total. The van der Waals surface area contributed by atoms with Gasteiger partial charge in [0.05, 0.1) is 6.04 Å². The zero-order valence-electron chi connectivity index (χ0n) is 10.2. The molecule has 4 heteroatoms. The van der Waals surface area contributed by atoms with Gasteiger partial charge in [0.1, 0.15) is 17.4 Å². The van der Waals surface area contributed by atoms with Gasteiger partial charge in [-0.1, -0.05) is 6.07 Å². The molecule has 1 heterocycles. The van der Waals surface area contributed by atoms with Crippen LogP contribution in [0.3, 0.4) is 0 Å². The molecule has 0 bridgehead atoms. The van der Waals surface area contributed by atoms with Crippen molar-refractivity contribution < 1.29 is 13.9 Å². The average Bonchev–Trinajstić information content (AvgIpc) is 2.40. The first-order valence-electron chi connectivity index (χ1n) is 6.15. The number of aromatic hydroxyl groups is 1. The molecule has 0 aromatic heterocycles. The smallest absolute Gasteiger partial charge is 0.123 e. The molecule has 0 saturated heterocycles. The van der Waals surface area contributed by atoms with Gasteiger partial charge in [-0.2, -0.15) is 0 Å². The van der Waals surface area contributed by atoms with Crippen LogP contribution in [-0.2, 0) is 6.42 Å². The van der Waals surface area contributed by atoms with Crippen LogP contribution in [0.5, 0.6) is 5.75 Å². The summed E-state index contributed by atoms with van der Waals surface area (Å²) in [6.07, 6.45) is 0.722. The second kappa shape index (κ2) is 4.63. The molecule has 0 saturated carbocycles. The Morgan fingerprint density at radius 1 is 1.00 bits per heavy atom. The Balaban J connectivity index is 2.11. The van der Waals surface area contributed by atoms with Crippen molar-refractivity contribution in [2.45, 2.75) is 12.5 Å². The highest BCUT2D eigenvalue weighted by Gasteiger charge is 2.24. The minimum Gasteiger partial charge on any atom is -0.508 e. The monoisotopic (exact) mass is 261 g/mol. The van der Waals surface area contributed by atoms with Crippen molar-refractivity contribution in [2.24, 2.45) is 0 Å². The molecule has 0 aliphatic carbocycles. The number of hydrogen-bond acceptors (Lipinski definition) is 2. The van der Waals surface area contributed by atoms with Crippen molar-refractivity contribution >= 4 is 0 Å². The van der Waals surface area contributed by atoms with Gasteiger partial charge in [0.25, 0.3) is 0 Å². The van der Waals surface area contributed by atoms with E-state index < -0.39 is 5.82 Å². The third-order valence-electron chi connectivity index (χ3n) is 3.46. The largest absolute Gasteiger partial charge is 0.508 e. The van der Waals surface area contributed by atoms with E-state index >= 15 is 0 Å². The summed E-state index contributed by atoms with van der Waals surface area (Å²) >= 11 is 0. The second-order valence-corrected chi connectivity index (χ2v) is 4.68. The zero-order chi connectivity index (χ0) is 13.4. The van der Waals surface area contributed by atoms with E-state index in [9.17, 15) is 13.9 Å². The summed E-state index contributed by atoms with van der Waals surface area (Å²) in [7, 11) is 0. The van der Waals surface area contributed by atoms with Crippen molar-refractivity contribution in [2.75, 3.05) is 6.54 Å². The number of phenols is 1. The van der Waals surface area contributed by atoms with E-state index in [0.29, 0.717) is 12.1 Å². The summed E-state index contributed by atoms with van der Waals surface area (Å²) in [4.78, 5) is 0. The van der Waals surface area contributed by atoms with E-state index in [1.54, 1.807) is 6.07 Å². The number of nitrogens with one attached hydrogen (secondary N) is 1. The van der Waals surface area contributed by atoms with Crippen LogP contribution in [0, 0.1) is 11.6 Å². The zero-order valence-corrected chi connectivity index (χ0v) is 10.2. The number of rotatable bonds is 1. The fourth-order valence-corrected chi connectivity index (χ4v) is 2.57. The highest BCUT2D eigenvalue weighted by atomic mass is 19.1. The molecular formula is C15H13F2NO. The van der Waals surface area contributed by atoms with Crippen LogP contribution in [0.4, 0.5) is 8.78 Å². The van der Waals surface area contributed by atoms with Gasteiger partial charge in [-0.25, -0.2) is 8.78 Å². The molecule has 1 atom stereocenters. The number of halogens is 2. The summed E-state index contributed by atoms with van der Waals surface area (Å²) in [5, 5.41) is 13.1. The molecule has 0 fully saturated rings. The second-order valence-electron chi connectivity index (χ2n) is 4.68. The van der Waals surface area contributed by atoms with Gasteiger partial charge < -0.3 is 10.4 Å². The number of hydrogen-bond donors (Lipinski definition) is 2. The molecular weight excluding hydrogens is 248 g/mol. The number of benzene rings is 2. The number of phenolic OH excluding ortho intramolecular Hbond substituents is 1. The van der Waals surface area contributed by atoms with Gasteiger partial charge in [0, 0.05) is 12.1 Å². The maximum atomic E-state index is 13.3.